The number of aromatic amines is 1. The standard InChI is InChI=1S/C12H18N2O3/c1-3-8-11(15)13-10(14-12(8)16)9(17-4-2)7-5-6-7/h7,9H,3-6H2,1-2H3,(H2,13,14,15,16). The van der Waals surface area contributed by atoms with Crippen molar-refractivity contribution in [3.63, 3.8) is 0 Å². The van der Waals surface area contributed by atoms with Gasteiger partial charge in [-0.3, -0.25) is 4.79 Å². The second-order valence-corrected chi connectivity index (χ2v) is 4.32. The molecule has 1 heterocycles. The van der Waals surface area contributed by atoms with Crippen LogP contribution in [0.1, 0.15) is 44.2 Å². The number of aromatic hydroxyl groups is 1. The van der Waals surface area contributed by atoms with Crippen LogP contribution >= 0.6 is 0 Å². The Labute approximate surface area is 99.9 Å². The summed E-state index contributed by atoms with van der Waals surface area (Å²) >= 11 is 0. The minimum atomic E-state index is -0.264. The predicted molar refractivity (Wildman–Crippen MR) is 63.0 cm³/mol. The number of ether oxygens (including phenoxy) is 1. The number of H-pyrrole nitrogens is 1. The molecule has 1 atom stereocenters. The van der Waals surface area contributed by atoms with Gasteiger partial charge in [-0.05, 0) is 32.1 Å². The van der Waals surface area contributed by atoms with Crippen molar-refractivity contribution < 1.29 is 9.84 Å². The maximum Gasteiger partial charge on any atom is 0.257 e. The van der Waals surface area contributed by atoms with Gasteiger partial charge in [-0.1, -0.05) is 6.92 Å². The second-order valence-electron chi connectivity index (χ2n) is 4.32. The number of nitrogens with one attached hydrogen (secondary N) is 1. The van der Waals surface area contributed by atoms with E-state index < -0.39 is 0 Å². The normalized spacial score (nSPS) is 17.1. The lowest BCUT2D eigenvalue weighted by atomic mass is 10.2. The van der Waals surface area contributed by atoms with E-state index in [9.17, 15) is 9.90 Å². The van der Waals surface area contributed by atoms with E-state index in [0.717, 1.165) is 12.8 Å². The van der Waals surface area contributed by atoms with Crippen LogP contribution in [0, 0.1) is 5.92 Å². The summed E-state index contributed by atoms with van der Waals surface area (Å²) in [5.74, 6) is 0.704. The summed E-state index contributed by atoms with van der Waals surface area (Å²) in [4.78, 5) is 18.5. The van der Waals surface area contributed by atoms with Crippen LogP contribution in [0.25, 0.3) is 0 Å². The zero-order valence-electron chi connectivity index (χ0n) is 10.2. The summed E-state index contributed by atoms with van der Waals surface area (Å²) in [5.41, 5.74) is 0.0696. The van der Waals surface area contributed by atoms with Gasteiger partial charge in [-0.2, -0.15) is 4.98 Å². The van der Waals surface area contributed by atoms with Crippen LogP contribution in [0.2, 0.25) is 0 Å². The molecule has 1 aliphatic carbocycles. The monoisotopic (exact) mass is 238 g/mol. The van der Waals surface area contributed by atoms with Crippen molar-refractivity contribution in [2.24, 2.45) is 5.92 Å². The van der Waals surface area contributed by atoms with Crippen LogP contribution in [-0.2, 0) is 11.2 Å². The van der Waals surface area contributed by atoms with E-state index in [1.165, 1.54) is 0 Å². The van der Waals surface area contributed by atoms with Crippen LogP contribution in [0.15, 0.2) is 4.79 Å². The first kappa shape index (κ1) is 12.1. The Bertz CT molecular complexity index is 452. The van der Waals surface area contributed by atoms with Crippen molar-refractivity contribution in [1.82, 2.24) is 9.97 Å². The number of nitrogens with zero attached hydrogens (tertiary/aromatic N) is 1. The zero-order valence-corrected chi connectivity index (χ0v) is 10.2. The molecule has 2 rings (SSSR count). The molecule has 1 aromatic rings. The highest BCUT2D eigenvalue weighted by Gasteiger charge is 2.35. The van der Waals surface area contributed by atoms with Crippen LogP contribution in [-0.4, -0.2) is 21.7 Å². The van der Waals surface area contributed by atoms with Gasteiger partial charge in [0.1, 0.15) is 11.9 Å². The molecule has 0 radical (unpaired) electrons. The van der Waals surface area contributed by atoms with E-state index in [-0.39, 0.29) is 17.5 Å². The van der Waals surface area contributed by atoms with Gasteiger partial charge in [0, 0.05) is 6.61 Å². The Morgan fingerprint density at radius 2 is 2.24 bits per heavy atom. The molecule has 0 amide bonds. The highest BCUT2D eigenvalue weighted by atomic mass is 16.5. The summed E-state index contributed by atoms with van der Waals surface area (Å²) in [6.45, 7) is 4.29. The number of rotatable bonds is 5. The molecule has 94 valence electrons. The van der Waals surface area contributed by atoms with Gasteiger partial charge in [0.15, 0.2) is 0 Å². The zero-order chi connectivity index (χ0) is 12.4. The fraction of sp³-hybridized carbons (Fsp3) is 0.667. The number of aromatic nitrogens is 2. The van der Waals surface area contributed by atoms with Gasteiger partial charge in [-0.15, -0.1) is 0 Å². The van der Waals surface area contributed by atoms with Crippen molar-refractivity contribution in [3.8, 4) is 5.88 Å². The molecule has 1 fully saturated rings. The summed E-state index contributed by atoms with van der Waals surface area (Å²) in [7, 11) is 0. The van der Waals surface area contributed by atoms with E-state index in [2.05, 4.69) is 9.97 Å². The van der Waals surface area contributed by atoms with E-state index >= 15 is 0 Å². The molecule has 2 N–H and O–H groups in total. The second kappa shape index (κ2) is 4.87. The Morgan fingerprint density at radius 1 is 1.53 bits per heavy atom. The van der Waals surface area contributed by atoms with E-state index in [0.29, 0.717) is 30.3 Å². The topological polar surface area (TPSA) is 75.2 Å². The third kappa shape index (κ3) is 2.49. The van der Waals surface area contributed by atoms with Gasteiger partial charge in [-0.25, -0.2) is 0 Å². The summed E-state index contributed by atoms with van der Waals surface area (Å²) in [6, 6.07) is 0. The Morgan fingerprint density at radius 3 is 2.71 bits per heavy atom. The lowest BCUT2D eigenvalue weighted by Gasteiger charge is -2.15. The molecular weight excluding hydrogens is 220 g/mol. The van der Waals surface area contributed by atoms with Gasteiger partial charge in [0.2, 0.25) is 5.88 Å². The average Bonchev–Trinajstić information content (AvgIpc) is 3.09. The van der Waals surface area contributed by atoms with Crippen LogP contribution in [0.3, 0.4) is 0 Å². The molecule has 0 spiro atoms. The smallest absolute Gasteiger partial charge is 0.257 e. The van der Waals surface area contributed by atoms with Crippen LogP contribution < -0.4 is 5.56 Å². The molecule has 0 bridgehead atoms. The van der Waals surface area contributed by atoms with Gasteiger partial charge in [0.05, 0.1) is 5.56 Å². The fourth-order valence-corrected chi connectivity index (χ4v) is 1.97. The minimum absolute atomic E-state index is 0.170. The molecule has 0 saturated heterocycles. The molecule has 1 aliphatic rings. The first-order valence-corrected chi connectivity index (χ1v) is 6.11. The minimum Gasteiger partial charge on any atom is -0.493 e. The van der Waals surface area contributed by atoms with Gasteiger partial charge >= 0.3 is 0 Å². The first-order chi connectivity index (χ1) is 8.17. The highest BCUT2D eigenvalue weighted by molar-refractivity contribution is 5.23. The van der Waals surface area contributed by atoms with E-state index in [1.54, 1.807) is 0 Å². The maximum absolute atomic E-state index is 11.7. The van der Waals surface area contributed by atoms with Crippen molar-refractivity contribution in [1.29, 1.82) is 0 Å². The number of hydrogen-bond donors (Lipinski definition) is 2. The summed E-state index contributed by atoms with van der Waals surface area (Å²) in [5, 5.41) is 9.70. The highest BCUT2D eigenvalue weighted by Crippen LogP contribution is 2.42. The molecule has 1 aromatic heterocycles. The Kier molecular flexibility index (Phi) is 3.47. The summed E-state index contributed by atoms with van der Waals surface area (Å²) in [6.07, 6.45) is 2.46. The summed E-state index contributed by atoms with van der Waals surface area (Å²) < 4.78 is 5.59. The quantitative estimate of drug-likeness (QED) is 0.815. The molecule has 1 saturated carbocycles. The van der Waals surface area contributed by atoms with Crippen molar-refractivity contribution in [3.05, 3.63) is 21.7 Å². The van der Waals surface area contributed by atoms with Gasteiger partial charge < -0.3 is 14.8 Å². The fourth-order valence-electron chi connectivity index (χ4n) is 1.97. The first-order valence-electron chi connectivity index (χ1n) is 6.11. The molecule has 0 aromatic carbocycles. The molecule has 17 heavy (non-hydrogen) atoms. The van der Waals surface area contributed by atoms with Crippen molar-refractivity contribution in [2.75, 3.05) is 6.61 Å². The molecule has 0 aliphatic heterocycles. The van der Waals surface area contributed by atoms with Gasteiger partial charge in [0.25, 0.3) is 5.56 Å². The van der Waals surface area contributed by atoms with E-state index in [4.69, 9.17) is 4.74 Å². The average molecular weight is 238 g/mol. The Balaban J connectivity index is 2.34. The number of hydrogen-bond acceptors (Lipinski definition) is 4. The SMILES string of the molecule is CCOC(c1nc(O)c(CC)c(=O)[nH]1)C1CC1. The molecule has 1 unspecified atom stereocenters. The molecule has 5 heteroatoms. The largest absolute Gasteiger partial charge is 0.493 e. The predicted octanol–water partition coefficient (Wildman–Crippen LogP) is 1.53. The van der Waals surface area contributed by atoms with Crippen molar-refractivity contribution >= 4 is 0 Å². The van der Waals surface area contributed by atoms with Crippen molar-refractivity contribution in [2.45, 2.75) is 39.2 Å². The third-order valence-corrected chi connectivity index (χ3v) is 3.03. The van der Waals surface area contributed by atoms with Crippen LogP contribution in [0.4, 0.5) is 0 Å². The lowest BCUT2D eigenvalue weighted by molar-refractivity contribution is 0.0393. The Hall–Kier alpha value is -1.36. The van der Waals surface area contributed by atoms with E-state index in [1.807, 2.05) is 13.8 Å². The maximum atomic E-state index is 11.7. The molecular formula is C12H18N2O3. The third-order valence-electron chi connectivity index (χ3n) is 3.03. The van der Waals surface area contributed by atoms with Crippen LogP contribution in [0.5, 0.6) is 5.88 Å². The molecule has 5 nitrogen and oxygen atoms in total. The lowest BCUT2D eigenvalue weighted by Crippen LogP contribution is -2.20.